The molecule has 0 atom stereocenters. The first-order chi connectivity index (χ1) is 9.15. The fourth-order valence-corrected chi connectivity index (χ4v) is 2.47. The number of hydrogen-bond donors (Lipinski definition) is 2. The number of aryl methyl sites for hydroxylation is 1. The van der Waals surface area contributed by atoms with Crippen molar-refractivity contribution in [2.24, 2.45) is 0 Å². The number of rotatable bonds is 5. The Morgan fingerprint density at radius 1 is 1.37 bits per heavy atom. The summed E-state index contributed by atoms with van der Waals surface area (Å²) in [4.78, 5) is 12.9. The SMILES string of the molecule is Nc1ccc(NC(=O)CCCc2cccs2)c(F)c1. The molecule has 5 heteroatoms. The third-order valence-corrected chi connectivity index (χ3v) is 3.61. The lowest BCUT2D eigenvalue weighted by atomic mass is 10.2. The van der Waals surface area contributed by atoms with Gasteiger partial charge in [0.25, 0.3) is 0 Å². The van der Waals surface area contributed by atoms with Crippen LogP contribution in [0, 0.1) is 5.82 Å². The van der Waals surface area contributed by atoms with Crippen LogP contribution in [-0.4, -0.2) is 5.91 Å². The number of nitrogens with one attached hydrogen (secondary N) is 1. The van der Waals surface area contributed by atoms with Crippen LogP contribution in [0.3, 0.4) is 0 Å². The summed E-state index contributed by atoms with van der Waals surface area (Å²) in [6.07, 6.45) is 2.00. The van der Waals surface area contributed by atoms with E-state index in [-0.39, 0.29) is 11.6 Å². The van der Waals surface area contributed by atoms with Crippen LogP contribution in [0.4, 0.5) is 15.8 Å². The molecule has 1 aromatic carbocycles. The Balaban J connectivity index is 1.80. The van der Waals surface area contributed by atoms with E-state index in [4.69, 9.17) is 5.73 Å². The highest BCUT2D eigenvalue weighted by Gasteiger charge is 2.07. The van der Waals surface area contributed by atoms with Crippen molar-refractivity contribution in [3.05, 3.63) is 46.4 Å². The van der Waals surface area contributed by atoms with Crippen molar-refractivity contribution < 1.29 is 9.18 Å². The molecule has 3 nitrogen and oxygen atoms in total. The second-order valence-electron chi connectivity index (χ2n) is 4.22. The van der Waals surface area contributed by atoms with Crippen LogP contribution in [0.5, 0.6) is 0 Å². The van der Waals surface area contributed by atoms with Crippen LogP contribution >= 0.6 is 11.3 Å². The summed E-state index contributed by atoms with van der Waals surface area (Å²) in [5.74, 6) is -0.688. The molecule has 0 saturated heterocycles. The Kier molecular flexibility index (Phi) is 4.52. The van der Waals surface area contributed by atoms with Gasteiger partial charge in [-0.2, -0.15) is 0 Å². The van der Waals surface area contributed by atoms with Crippen LogP contribution in [0.2, 0.25) is 0 Å². The first-order valence-corrected chi connectivity index (χ1v) is 6.90. The lowest BCUT2D eigenvalue weighted by molar-refractivity contribution is -0.116. The van der Waals surface area contributed by atoms with Crippen LogP contribution in [0.25, 0.3) is 0 Å². The number of amides is 1. The average Bonchev–Trinajstić information content (AvgIpc) is 2.86. The van der Waals surface area contributed by atoms with Gasteiger partial charge in [0.05, 0.1) is 5.69 Å². The zero-order chi connectivity index (χ0) is 13.7. The monoisotopic (exact) mass is 278 g/mol. The maximum absolute atomic E-state index is 13.5. The van der Waals surface area contributed by atoms with Gasteiger partial charge in [-0.15, -0.1) is 11.3 Å². The number of thiophene rings is 1. The van der Waals surface area contributed by atoms with E-state index in [0.29, 0.717) is 12.1 Å². The van der Waals surface area contributed by atoms with Gasteiger partial charge < -0.3 is 11.1 Å². The van der Waals surface area contributed by atoms with Crippen LogP contribution < -0.4 is 11.1 Å². The minimum absolute atomic E-state index is 0.176. The molecule has 0 spiro atoms. The summed E-state index contributed by atoms with van der Waals surface area (Å²) in [7, 11) is 0. The molecule has 0 bridgehead atoms. The summed E-state index contributed by atoms with van der Waals surface area (Å²) in [5, 5.41) is 4.56. The number of carbonyl (C=O) groups is 1. The summed E-state index contributed by atoms with van der Waals surface area (Å²) < 4.78 is 13.5. The van der Waals surface area contributed by atoms with Crippen LogP contribution in [0.1, 0.15) is 17.7 Å². The number of anilines is 2. The number of halogens is 1. The highest BCUT2D eigenvalue weighted by molar-refractivity contribution is 7.09. The first-order valence-electron chi connectivity index (χ1n) is 6.02. The van der Waals surface area contributed by atoms with Crippen LogP contribution in [-0.2, 0) is 11.2 Å². The van der Waals surface area contributed by atoms with E-state index in [2.05, 4.69) is 5.32 Å². The number of benzene rings is 1. The van der Waals surface area contributed by atoms with Crippen molar-refractivity contribution in [2.45, 2.75) is 19.3 Å². The second kappa shape index (κ2) is 6.33. The van der Waals surface area contributed by atoms with Gasteiger partial charge >= 0.3 is 0 Å². The number of nitrogens with two attached hydrogens (primary N) is 1. The highest BCUT2D eigenvalue weighted by atomic mass is 32.1. The fraction of sp³-hybridized carbons (Fsp3) is 0.214. The molecule has 0 unspecified atom stereocenters. The number of carbonyl (C=O) groups excluding carboxylic acids is 1. The standard InChI is InChI=1S/C14H15FN2OS/c15-12-9-10(16)6-7-13(12)17-14(18)5-1-3-11-4-2-8-19-11/h2,4,6-9H,1,3,5,16H2,(H,17,18). The van der Waals surface area contributed by atoms with E-state index in [9.17, 15) is 9.18 Å². The summed E-state index contributed by atoms with van der Waals surface area (Å²) in [6, 6.07) is 8.26. The number of nitrogen functional groups attached to an aromatic ring is 1. The molecule has 0 aliphatic carbocycles. The summed E-state index contributed by atoms with van der Waals surface area (Å²) >= 11 is 1.68. The van der Waals surface area contributed by atoms with Crippen molar-refractivity contribution in [3.63, 3.8) is 0 Å². The zero-order valence-corrected chi connectivity index (χ0v) is 11.2. The maximum atomic E-state index is 13.5. The highest BCUT2D eigenvalue weighted by Crippen LogP contribution is 2.17. The summed E-state index contributed by atoms with van der Waals surface area (Å²) in [6.45, 7) is 0. The Bertz CT molecular complexity index is 555. The minimum atomic E-state index is -0.508. The molecule has 0 saturated carbocycles. The first kappa shape index (κ1) is 13.5. The smallest absolute Gasteiger partial charge is 0.224 e. The molecule has 2 aromatic rings. The molecule has 0 aliphatic heterocycles. The largest absolute Gasteiger partial charge is 0.399 e. The Morgan fingerprint density at radius 3 is 2.89 bits per heavy atom. The van der Waals surface area contributed by atoms with E-state index >= 15 is 0 Å². The zero-order valence-electron chi connectivity index (χ0n) is 10.4. The molecule has 2 rings (SSSR count). The van der Waals surface area contributed by atoms with Crippen molar-refractivity contribution in [1.82, 2.24) is 0 Å². The third-order valence-electron chi connectivity index (χ3n) is 2.67. The third kappa shape index (κ3) is 4.06. The molecular weight excluding hydrogens is 263 g/mol. The maximum Gasteiger partial charge on any atom is 0.224 e. The Hall–Kier alpha value is -1.88. The normalized spacial score (nSPS) is 10.4. The molecule has 1 aromatic heterocycles. The Labute approximate surface area is 115 Å². The van der Waals surface area contributed by atoms with Crippen LogP contribution in [0.15, 0.2) is 35.7 Å². The van der Waals surface area contributed by atoms with Crippen molar-refractivity contribution in [2.75, 3.05) is 11.1 Å². The molecule has 19 heavy (non-hydrogen) atoms. The molecule has 0 fully saturated rings. The van der Waals surface area contributed by atoms with Crippen molar-refractivity contribution in [3.8, 4) is 0 Å². The van der Waals surface area contributed by atoms with Gasteiger partial charge in [0, 0.05) is 17.0 Å². The predicted molar refractivity (Wildman–Crippen MR) is 76.7 cm³/mol. The van der Waals surface area contributed by atoms with E-state index in [1.807, 2.05) is 17.5 Å². The van der Waals surface area contributed by atoms with Gasteiger partial charge in [0.15, 0.2) is 0 Å². The van der Waals surface area contributed by atoms with Gasteiger partial charge in [-0.05, 0) is 42.5 Å². The van der Waals surface area contributed by atoms with Gasteiger partial charge in [0.1, 0.15) is 5.82 Å². The molecule has 0 aliphatic rings. The molecular formula is C14H15FN2OS. The average molecular weight is 278 g/mol. The van der Waals surface area contributed by atoms with E-state index in [1.54, 1.807) is 17.4 Å². The topological polar surface area (TPSA) is 55.1 Å². The minimum Gasteiger partial charge on any atom is -0.399 e. The van der Waals surface area contributed by atoms with Crippen molar-refractivity contribution in [1.29, 1.82) is 0 Å². The van der Waals surface area contributed by atoms with Gasteiger partial charge in [-0.25, -0.2) is 4.39 Å². The fourth-order valence-electron chi connectivity index (χ4n) is 1.72. The molecule has 1 amide bonds. The quantitative estimate of drug-likeness (QED) is 0.823. The molecule has 0 radical (unpaired) electrons. The van der Waals surface area contributed by atoms with E-state index in [0.717, 1.165) is 12.8 Å². The molecule has 1 heterocycles. The predicted octanol–water partition coefficient (Wildman–Crippen LogP) is 3.43. The van der Waals surface area contributed by atoms with E-state index in [1.165, 1.54) is 17.0 Å². The van der Waals surface area contributed by atoms with E-state index < -0.39 is 5.82 Å². The second-order valence-corrected chi connectivity index (χ2v) is 5.25. The molecule has 100 valence electrons. The van der Waals surface area contributed by atoms with Gasteiger partial charge in [-0.1, -0.05) is 6.07 Å². The number of hydrogen-bond acceptors (Lipinski definition) is 3. The van der Waals surface area contributed by atoms with Gasteiger partial charge in [0.2, 0.25) is 5.91 Å². The van der Waals surface area contributed by atoms with Crippen molar-refractivity contribution >= 4 is 28.6 Å². The summed E-state index contributed by atoms with van der Waals surface area (Å²) in [5.41, 5.74) is 5.96. The molecule has 3 N–H and O–H groups in total. The van der Waals surface area contributed by atoms with Gasteiger partial charge in [-0.3, -0.25) is 4.79 Å². The Morgan fingerprint density at radius 2 is 2.21 bits per heavy atom. The lowest BCUT2D eigenvalue weighted by Crippen LogP contribution is -2.12. The lowest BCUT2D eigenvalue weighted by Gasteiger charge is -2.06.